The van der Waals surface area contributed by atoms with E-state index in [4.69, 9.17) is 58.0 Å². The highest BCUT2D eigenvalue weighted by Gasteiger charge is 2.26. The number of nitrogens with one attached hydrogen (secondary N) is 1. The Balaban J connectivity index is 2.31. The highest BCUT2D eigenvalue weighted by Crippen LogP contribution is 2.51. The lowest BCUT2D eigenvalue weighted by Crippen LogP contribution is -2.07. The van der Waals surface area contributed by atoms with E-state index >= 15 is 0 Å². The molecule has 0 aliphatic rings. The molecule has 0 aliphatic heterocycles. The Bertz CT molecular complexity index is 1320. The molecule has 0 aliphatic carbocycles. The van der Waals surface area contributed by atoms with Crippen molar-refractivity contribution in [3.63, 3.8) is 0 Å². The van der Waals surface area contributed by atoms with E-state index in [-0.39, 0.29) is 16.1 Å². The summed E-state index contributed by atoms with van der Waals surface area (Å²) >= 11 is 34.6. The number of nitriles is 2. The lowest BCUT2D eigenvalue weighted by atomic mass is 10.1. The Morgan fingerprint density at radius 2 is 1.32 bits per heavy atom. The molecule has 0 unspecified atom stereocenters. The molecule has 0 fully saturated rings. The molecule has 0 saturated heterocycles. The zero-order chi connectivity index (χ0) is 24.8. The summed E-state index contributed by atoms with van der Waals surface area (Å²) in [6, 6.07) is 14.5. The maximum atomic E-state index is 9.96. The smallest absolute Gasteiger partial charge is 0.103 e. The molecule has 3 aromatic carbocycles. The predicted octanol–water partition coefficient (Wildman–Crippen LogP) is 10.2. The maximum Gasteiger partial charge on any atom is 0.103 e. The third kappa shape index (κ3) is 6.23. The third-order valence-electron chi connectivity index (χ3n) is 4.62. The first-order chi connectivity index (χ1) is 16.3. The van der Waals surface area contributed by atoms with Gasteiger partial charge in [0.05, 0.1) is 36.8 Å². The Labute approximate surface area is 232 Å². The molecule has 174 valence electrons. The van der Waals surface area contributed by atoms with Gasteiger partial charge in [-0.2, -0.15) is 10.5 Å². The Kier molecular flexibility index (Phi) is 10.0. The molecule has 0 bridgehead atoms. The van der Waals surface area contributed by atoms with Gasteiger partial charge in [-0.3, -0.25) is 0 Å². The van der Waals surface area contributed by atoms with Crippen molar-refractivity contribution in [3.8, 4) is 12.1 Å². The van der Waals surface area contributed by atoms with Crippen LogP contribution in [0.1, 0.15) is 30.9 Å². The summed E-state index contributed by atoms with van der Waals surface area (Å²) in [7, 11) is 0. The summed E-state index contributed by atoms with van der Waals surface area (Å²) in [5.41, 5.74) is 0.773. The van der Waals surface area contributed by atoms with E-state index in [1.54, 1.807) is 36.4 Å². The number of hydrogen-bond acceptors (Lipinski definition) is 5. The van der Waals surface area contributed by atoms with Crippen molar-refractivity contribution in [3.05, 3.63) is 72.6 Å². The largest absolute Gasteiger partial charge is 0.383 e. The lowest BCUT2D eigenvalue weighted by Gasteiger charge is -2.21. The molecule has 0 atom stereocenters. The average Bonchev–Trinajstić information content (AvgIpc) is 2.81. The van der Waals surface area contributed by atoms with E-state index in [1.165, 1.54) is 23.5 Å². The minimum Gasteiger partial charge on any atom is -0.383 e. The fourth-order valence-electron chi connectivity index (χ4n) is 2.97. The second-order valence-electron chi connectivity index (χ2n) is 6.95. The van der Waals surface area contributed by atoms with Crippen LogP contribution >= 0.6 is 81.5 Å². The summed E-state index contributed by atoms with van der Waals surface area (Å²) in [6.07, 6.45) is 1.83. The summed E-state index contributed by atoms with van der Waals surface area (Å²) < 4.78 is 0. The molecule has 3 aromatic rings. The van der Waals surface area contributed by atoms with Crippen LogP contribution in [0.25, 0.3) is 0 Å². The molecule has 0 spiro atoms. The van der Waals surface area contributed by atoms with Crippen LogP contribution in [-0.4, -0.2) is 6.54 Å². The van der Waals surface area contributed by atoms with Gasteiger partial charge in [0.1, 0.15) is 12.1 Å². The average molecular weight is 588 g/mol. The van der Waals surface area contributed by atoms with Crippen molar-refractivity contribution < 1.29 is 0 Å². The second-order valence-corrected chi connectivity index (χ2v) is 11.1. The molecule has 3 nitrogen and oxygen atoms in total. The second kappa shape index (κ2) is 12.5. The van der Waals surface area contributed by atoms with Gasteiger partial charge < -0.3 is 5.32 Å². The Morgan fingerprint density at radius 3 is 1.82 bits per heavy atom. The van der Waals surface area contributed by atoms with Crippen molar-refractivity contribution in [2.45, 2.75) is 39.3 Å². The lowest BCUT2D eigenvalue weighted by molar-refractivity contribution is 0.831. The highest BCUT2D eigenvalue weighted by molar-refractivity contribution is 8.02. The van der Waals surface area contributed by atoms with E-state index in [9.17, 15) is 10.5 Å². The van der Waals surface area contributed by atoms with Gasteiger partial charge in [0, 0.05) is 31.3 Å². The van der Waals surface area contributed by atoms with Crippen molar-refractivity contribution >= 4 is 87.2 Å². The van der Waals surface area contributed by atoms with Gasteiger partial charge in [0.2, 0.25) is 0 Å². The van der Waals surface area contributed by atoms with Crippen molar-refractivity contribution in [1.29, 1.82) is 10.5 Å². The van der Waals surface area contributed by atoms with Gasteiger partial charge in [-0.15, -0.1) is 0 Å². The SMILES string of the molecule is CCCCNc1c(C#N)c(C#N)c(Cl)c(Sc2cc(Cl)ccc2Cl)c1Sc1cc(Cl)ccc1Cl. The van der Waals surface area contributed by atoms with E-state index in [0.717, 1.165) is 12.8 Å². The van der Waals surface area contributed by atoms with Crippen molar-refractivity contribution in [2.75, 3.05) is 11.9 Å². The van der Waals surface area contributed by atoms with Gasteiger partial charge in [-0.05, 0) is 42.8 Å². The van der Waals surface area contributed by atoms with E-state index in [0.29, 0.717) is 51.9 Å². The van der Waals surface area contributed by atoms with Gasteiger partial charge in [-0.1, -0.05) is 94.9 Å². The van der Waals surface area contributed by atoms with Crippen LogP contribution in [0.2, 0.25) is 25.1 Å². The van der Waals surface area contributed by atoms with Crippen LogP contribution in [0, 0.1) is 22.7 Å². The zero-order valence-electron chi connectivity index (χ0n) is 17.7. The Hall–Kier alpha value is -1.41. The van der Waals surface area contributed by atoms with Crippen LogP contribution in [-0.2, 0) is 0 Å². The first-order valence-electron chi connectivity index (χ1n) is 10.00. The third-order valence-corrected chi connectivity index (χ3v) is 8.93. The summed E-state index contributed by atoms with van der Waals surface area (Å²) in [5, 5.41) is 25.3. The number of unbranched alkanes of at least 4 members (excludes halogenated alkanes) is 1. The maximum absolute atomic E-state index is 9.96. The molecule has 0 radical (unpaired) electrons. The summed E-state index contributed by atoms with van der Waals surface area (Å²) in [6.45, 7) is 2.68. The van der Waals surface area contributed by atoms with E-state index < -0.39 is 0 Å². The quantitative estimate of drug-likeness (QED) is 0.266. The van der Waals surface area contributed by atoms with Crippen LogP contribution < -0.4 is 5.32 Å². The molecular weight excluding hydrogens is 572 g/mol. The summed E-state index contributed by atoms with van der Waals surface area (Å²) in [5.74, 6) is 0. The van der Waals surface area contributed by atoms with Crippen LogP contribution in [0.4, 0.5) is 5.69 Å². The topological polar surface area (TPSA) is 59.6 Å². The van der Waals surface area contributed by atoms with E-state index in [1.807, 2.05) is 0 Å². The van der Waals surface area contributed by atoms with Crippen molar-refractivity contribution in [1.82, 2.24) is 0 Å². The van der Waals surface area contributed by atoms with Crippen LogP contribution in [0.15, 0.2) is 56.0 Å². The fraction of sp³-hybridized carbons (Fsp3) is 0.167. The van der Waals surface area contributed by atoms with Gasteiger partial charge in [0.15, 0.2) is 0 Å². The van der Waals surface area contributed by atoms with Crippen LogP contribution in [0.3, 0.4) is 0 Å². The first-order valence-corrected chi connectivity index (χ1v) is 13.5. The van der Waals surface area contributed by atoms with Crippen LogP contribution in [0.5, 0.6) is 0 Å². The molecule has 0 heterocycles. The monoisotopic (exact) mass is 585 g/mol. The number of anilines is 1. The van der Waals surface area contributed by atoms with Crippen molar-refractivity contribution in [2.24, 2.45) is 0 Å². The molecule has 0 aromatic heterocycles. The minimum absolute atomic E-state index is 0.0883. The molecule has 3 rings (SSSR count). The molecule has 34 heavy (non-hydrogen) atoms. The fourth-order valence-corrected chi connectivity index (χ4v) is 6.56. The molecular formula is C24H16Cl5N3S2. The highest BCUT2D eigenvalue weighted by atomic mass is 35.5. The van der Waals surface area contributed by atoms with Gasteiger partial charge >= 0.3 is 0 Å². The molecule has 1 N–H and O–H groups in total. The number of rotatable bonds is 8. The Morgan fingerprint density at radius 1 is 0.794 bits per heavy atom. The zero-order valence-corrected chi connectivity index (χ0v) is 23.1. The number of nitrogens with zero attached hydrogens (tertiary/aromatic N) is 2. The molecule has 0 amide bonds. The normalized spacial score (nSPS) is 10.6. The number of halogens is 5. The predicted molar refractivity (Wildman–Crippen MR) is 145 cm³/mol. The van der Waals surface area contributed by atoms with Gasteiger partial charge in [0.25, 0.3) is 0 Å². The summed E-state index contributed by atoms with van der Waals surface area (Å²) in [4.78, 5) is 2.53. The number of benzene rings is 3. The molecule has 0 saturated carbocycles. The molecule has 10 heteroatoms. The van der Waals surface area contributed by atoms with Gasteiger partial charge in [-0.25, -0.2) is 0 Å². The van der Waals surface area contributed by atoms with E-state index in [2.05, 4.69) is 24.4 Å². The standard InChI is InChI=1S/C24H16Cl5N3S2/c1-2-3-8-32-22-16(12-31)15(11-30)21(29)23(33-19-9-13(25)4-6-17(19)27)24(22)34-20-10-14(26)5-7-18(20)28/h4-7,9-10,32H,2-3,8H2,1H3. The minimum atomic E-state index is 0.0883. The number of hydrogen-bond donors (Lipinski definition) is 1. The first kappa shape index (κ1) is 27.2.